The molecule has 0 aromatic carbocycles. The molecule has 1 rings (SSSR count). The number of esters is 1. The molecular weight excluding hydrogens is 232 g/mol. The van der Waals surface area contributed by atoms with Crippen molar-refractivity contribution < 1.29 is 14.3 Å². The molecule has 5 heteroatoms. The maximum Gasteiger partial charge on any atom is 0.303 e. The van der Waals surface area contributed by atoms with Crippen LogP contribution < -0.4 is 5.32 Å². The molecule has 18 heavy (non-hydrogen) atoms. The second-order valence-electron chi connectivity index (χ2n) is 5.02. The van der Waals surface area contributed by atoms with Crippen molar-refractivity contribution in [1.29, 1.82) is 0 Å². The van der Waals surface area contributed by atoms with Crippen LogP contribution >= 0.6 is 0 Å². The van der Waals surface area contributed by atoms with Crippen LogP contribution in [-0.4, -0.2) is 22.4 Å². The van der Waals surface area contributed by atoms with Gasteiger partial charge in [0.25, 0.3) is 5.91 Å². The van der Waals surface area contributed by atoms with Crippen LogP contribution in [0.1, 0.15) is 39.4 Å². The van der Waals surface area contributed by atoms with Crippen molar-refractivity contribution in [2.24, 2.45) is 0 Å². The summed E-state index contributed by atoms with van der Waals surface area (Å²) in [5, 5.41) is 2.78. The Balaban J connectivity index is 2.92. The zero-order valence-corrected chi connectivity index (χ0v) is 11.1. The standard InChI is InChI=1S/C13H18N2O3/c1-9(16)18-11(10-6-5-7-14-8-10)12(17)15-13(2,3)4/h5-8,11H,1-4H3,(H,15,17). The lowest BCUT2D eigenvalue weighted by Gasteiger charge is -2.24. The van der Waals surface area contributed by atoms with Crippen molar-refractivity contribution in [3.05, 3.63) is 30.1 Å². The molecule has 0 radical (unpaired) electrons. The van der Waals surface area contributed by atoms with Crippen LogP contribution in [0.15, 0.2) is 24.5 Å². The molecular formula is C13H18N2O3. The van der Waals surface area contributed by atoms with Gasteiger partial charge in [-0.1, -0.05) is 6.07 Å². The molecule has 5 nitrogen and oxygen atoms in total. The number of pyridine rings is 1. The Morgan fingerprint density at radius 2 is 2.06 bits per heavy atom. The molecule has 1 heterocycles. The van der Waals surface area contributed by atoms with Gasteiger partial charge in [-0.15, -0.1) is 0 Å². The molecule has 1 unspecified atom stereocenters. The summed E-state index contributed by atoms with van der Waals surface area (Å²) < 4.78 is 5.05. The molecule has 0 aliphatic carbocycles. The molecule has 1 atom stereocenters. The number of amides is 1. The second-order valence-corrected chi connectivity index (χ2v) is 5.02. The van der Waals surface area contributed by atoms with E-state index in [0.29, 0.717) is 5.56 Å². The Morgan fingerprint density at radius 3 is 2.50 bits per heavy atom. The first kappa shape index (κ1) is 14.2. The molecule has 0 fully saturated rings. The van der Waals surface area contributed by atoms with Gasteiger partial charge in [0.15, 0.2) is 0 Å². The largest absolute Gasteiger partial charge is 0.447 e. The summed E-state index contributed by atoms with van der Waals surface area (Å²) in [6.45, 7) is 6.85. The maximum absolute atomic E-state index is 12.1. The molecule has 0 aliphatic rings. The first-order valence-corrected chi connectivity index (χ1v) is 5.69. The summed E-state index contributed by atoms with van der Waals surface area (Å²) in [6, 6.07) is 3.39. The lowest BCUT2D eigenvalue weighted by atomic mass is 10.1. The third-order valence-electron chi connectivity index (χ3n) is 2.01. The van der Waals surface area contributed by atoms with E-state index in [1.165, 1.54) is 13.1 Å². The van der Waals surface area contributed by atoms with Crippen LogP contribution in [0.5, 0.6) is 0 Å². The monoisotopic (exact) mass is 250 g/mol. The van der Waals surface area contributed by atoms with Crippen LogP contribution in [0.2, 0.25) is 0 Å². The molecule has 1 N–H and O–H groups in total. The van der Waals surface area contributed by atoms with Crippen molar-refractivity contribution >= 4 is 11.9 Å². The topological polar surface area (TPSA) is 68.3 Å². The quantitative estimate of drug-likeness (QED) is 0.827. The smallest absolute Gasteiger partial charge is 0.303 e. The number of carbonyl (C=O) groups is 2. The minimum absolute atomic E-state index is 0.356. The van der Waals surface area contributed by atoms with E-state index in [2.05, 4.69) is 10.3 Å². The predicted octanol–water partition coefficient (Wildman–Crippen LogP) is 1.60. The van der Waals surface area contributed by atoms with Gasteiger partial charge in [-0.25, -0.2) is 0 Å². The number of ether oxygens (including phenoxy) is 1. The highest BCUT2D eigenvalue weighted by atomic mass is 16.5. The van der Waals surface area contributed by atoms with Gasteiger partial charge in [0.05, 0.1) is 0 Å². The summed E-state index contributed by atoms with van der Waals surface area (Å²) in [5.74, 6) is -0.862. The van der Waals surface area contributed by atoms with Crippen molar-refractivity contribution in [1.82, 2.24) is 10.3 Å². The Hall–Kier alpha value is -1.91. The van der Waals surface area contributed by atoms with E-state index in [0.717, 1.165) is 0 Å². The van der Waals surface area contributed by atoms with Crippen molar-refractivity contribution in [2.75, 3.05) is 0 Å². The number of hydrogen-bond acceptors (Lipinski definition) is 4. The maximum atomic E-state index is 12.1. The summed E-state index contributed by atoms with van der Waals surface area (Å²) >= 11 is 0. The van der Waals surface area contributed by atoms with E-state index in [4.69, 9.17) is 4.74 Å². The van der Waals surface area contributed by atoms with E-state index in [9.17, 15) is 9.59 Å². The Morgan fingerprint density at radius 1 is 1.39 bits per heavy atom. The fraction of sp³-hybridized carbons (Fsp3) is 0.462. The lowest BCUT2D eigenvalue weighted by molar-refractivity contribution is -0.155. The average Bonchev–Trinajstić information content (AvgIpc) is 2.24. The average molecular weight is 250 g/mol. The SMILES string of the molecule is CC(=O)OC(C(=O)NC(C)(C)C)c1cccnc1. The number of carbonyl (C=O) groups excluding carboxylic acids is 2. The summed E-state index contributed by atoms with van der Waals surface area (Å²) in [4.78, 5) is 27.1. The van der Waals surface area contributed by atoms with E-state index >= 15 is 0 Å². The summed E-state index contributed by atoms with van der Waals surface area (Å²) in [7, 11) is 0. The molecule has 98 valence electrons. The van der Waals surface area contributed by atoms with Crippen molar-refractivity contribution in [2.45, 2.75) is 39.3 Å². The van der Waals surface area contributed by atoms with E-state index in [1.807, 2.05) is 20.8 Å². The normalized spacial score (nSPS) is 12.7. The molecule has 0 spiro atoms. The van der Waals surface area contributed by atoms with Crippen LogP contribution in [0.25, 0.3) is 0 Å². The van der Waals surface area contributed by atoms with Gasteiger partial charge in [0.2, 0.25) is 6.10 Å². The number of nitrogens with one attached hydrogen (secondary N) is 1. The molecule has 1 aromatic heterocycles. The number of hydrogen-bond donors (Lipinski definition) is 1. The first-order valence-electron chi connectivity index (χ1n) is 5.69. The van der Waals surface area contributed by atoms with Gasteiger partial charge in [-0.05, 0) is 26.8 Å². The van der Waals surface area contributed by atoms with Gasteiger partial charge >= 0.3 is 5.97 Å². The van der Waals surface area contributed by atoms with Crippen LogP contribution in [-0.2, 0) is 14.3 Å². The first-order chi connectivity index (χ1) is 8.29. The highest BCUT2D eigenvalue weighted by Gasteiger charge is 2.27. The van der Waals surface area contributed by atoms with Crippen LogP contribution in [0, 0.1) is 0 Å². The second kappa shape index (κ2) is 5.62. The Bertz CT molecular complexity index is 424. The van der Waals surface area contributed by atoms with Gasteiger partial charge < -0.3 is 10.1 Å². The van der Waals surface area contributed by atoms with Gasteiger partial charge in [-0.2, -0.15) is 0 Å². The lowest BCUT2D eigenvalue weighted by Crippen LogP contribution is -2.44. The predicted molar refractivity (Wildman–Crippen MR) is 66.6 cm³/mol. The highest BCUT2D eigenvalue weighted by Crippen LogP contribution is 2.18. The third kappa shape index (κ3) is 4.53. The summed E-state index contributed by atoms with van der Waals surface area (Å²) in [5.41, 5.74) is 0.159. The minimum atomic E-state index is -0.963. The van der Waals surface area contributed by atoms with E-state index < -0.39 is 17.6 Å². The van der Waals surface area contributed by atoms with Gasteiger partial charge in [-0.3, -0.25) is 14.6 Å². The highest BCUT2D eigenvalue weighted by molar-refractivity contribution is 5.85. The number of rotatable bonds is 3. The van der Waals surface area contributed by atoms with Crippen molar-refractivity contribution in [3.63, 3.8) is 0 Å². The van der Waals surface area contributed by atoms with E-state index in [-0.39, 0.29) is 5.91 Å². The molecule has 0 saturated heterocycles. The Labute approximate surface area is 107 Å². The third-order valence-corrected chi connectivity index (χ3v) is 2.01. The fourth-order valence-corrected chi connectivity index (χ4v) is 1.41. The zero-order valence-electron chi connectivity index (χ0n) is 11.1. The van der Waals surface area contributed by atoms with Crippen LogP contribution in [0.3, 0.4) is 0 Å². The molecule has 0 saturated carbocycles. The van der Waals surface area contributed by atoms with Crippen molar-refractivity contribution in [3.8, 4) is 0 Å². The van der Waals surface area contributed by atoms with E-state index in [1.54, 1.807) is 18.3 Å². The number of nitrogens with zero attached hydrogens (tertiary/aromatic N) is 1. The molecule has 1 aromatic rings. The molecule has 0 aliphatic heterocycles. The van der Waals surface area contributed by atoms with Crippen LogP contribution in [0.4, 0.5) is 0 Å². The number of aromatic nitrogens is 1. The summed E-state index contributed by atoms with van der Waals surface area (Å²) in [6.07, 6.45) is 2.14. The minimum Gasteiger partial charge on any atom is -0.447 e. The Kier molecular flexibility index (Phi) is 4.42. The molecule has 0 bridgehead atoms. The molecule has 1 amide bonds. The zero-order chi connectivity index (χ0) is 13.8. The fourth-order valence-electron chi connectivity index (χ4n) is 1.41. The van der Waals surface area contributed by atoms with Gasteiger partial charge in [0, 0.05) is 30.4 Å². The van der Waals surface area contributed by atoms with Gasteiger partial charge in [0.1, 0.15) is 0 Å².